The Labute approximate surface area is 120 Å². The number of hydrogen-bond donors (Lipinski definition) is 1. The van der Waals surface area contributed by atoms with Crippen LogP contribution in [0.25, 0.3) is 0 Å². The Kier molecular flexibility index (Phi) is 3.66. The van der Waals surface area contributed by atoms with Crippen LogP contribution in [0.4, 0.5) is 0 Å². The van der Waals surface area contributed by atoms with E-state index in [9.17, 15) is 0 Å². The molecule has 2 aromatic rings. The smallest absolute Gasteiger partial charge is 0.0821 e. The maximum Gasteiger partial charge on any atom is 0.0821 e. The summed E-state index contributed by atoms with van der Waals surface area (Å²) in [5, 5.41) is 4.64. The maximum absolute atomic E-state index is 6.24. The predicted molar refractivity (Wildman–Crippen MR) is 80.4 cm³/mol. The van der Waals surface area contributed by atoms with Crippen molar-refractivity contribution >= 4 is 0 Å². The first-order valence-electron chi connectivity index (χ1n) is 7.62. The minimum absolute atomic E-state index is 0.217. The van der Waals surface area contributed by atoms with Crippen molar-refractivity contribution in [2.45, 2.75) is 51.7 Å². The van der Waals surface area contributed by atoms with Gasteiger partial charge in [-0.15, -0.1) is 0 Å². The summed E-state index contributed by atoms with van der Waals surface area (Å²) in [5.74, 6) is 0.704. The zero-order chi connectivity index (χ0) is 14.1. The summed E-state index contributed by atoms with van der Waals surface area (Å²) in [6, 6.07) is 4.93. The first-order chi connectivity index (χ1) is 9.67. The molecule has 4 heteroatoms. The van der Waals surface area contributed by atoms with Gasteiger partial charge < -0.3 is 10.3 Å². The molecule has 4 nitrogen and oxygen atoms in total. The summed E-state index contributed by atoms with van der Waals surface area (Å²) in [7, 11) is 0. The molecule has 0 bridgehead atoms. The number of aromatic nitrogens is 3. The van der Waals surface area contributed by atoms with Crippen molar-refractivity contribution in [1.82, 2.24) is 14.3 Å². The molecule has 0 saturated heterocycles. The van der Waals surface area contributed by atoms with Gasteiger partial charge in [0.15, 0.2) is 0 Å². The van der Waals surface area contributed by atoms with Crippen LogP contribution in [-0.4, -0.2) is 14.3 Å². The SMILES string of the molecule is CCC(C)n1ccc(Cn2ccc(C(N)C3CC3)c2)n1. The highest BCUT2D eigenvalue weighted by atomic mass is 15.3. The van der Waals surface area contributed by atoms with Gasteiger partial charge in [0.2, 0.25) is 0 Å². The van der Waals surface area contributed by atoms with Crippen LogP contribution >= 0.6 is 0 Å². The van der Waals surface area contributed by atoms with E-state index in [-0.39, 0.29) is 6.04 Å². The van der Waals surface area contributed by atoms with E-state index in [0.717, 1.165) is 18.7 Å². The first-order valence-corrected chi connectivity index (χ1v) is 7.62. The zero-order valence-electron chi connectivity index (χ0n) is 12.4. The molecule has 0 amide bonds. The molecule has 0 spiro atoms. The van der Waals surface area contributed by atoms with Crippen molar-refractivity contribution in [3.63, 3.8) is 0 Å². The summed E-state index contributed by atoms with van der Waals surface area (Å²) >= 11 is 0. The Bertz CT molecular complexity index is 565. The third-order valence-corrected chi connectivity index (χ3v) is 4.34. The highest BCUT2D eigenvalue weighted by molar-refractivity contribution is 5.18. The van der Waals surface area contributed by atoms with Crippen LogP contribution in [0.5, 0.6) is 0 Å². The van der Waals surface area contributed by atoms with Gasteiger partial charge in [0.05, 0.1) is 12.2 Å². The van der Waals surface area contributed by atoms with Crippen molar-refractivity contribution < 1.29 is 0 Å². The molecule has 1 fully saturated rings. The fourth-order valence-electron chi connectivity index (χ4n) is 2.56. The fourth-order valence-corrected chi connectivity index (χ4v) is 2.56. The molecule has 0 aliphatic heterocycles. The van der Waals surface area contributed by atoms with Crippen molar-refractivity contribution in [2.24, 2.45) is 11.7 Å². The van der Waals surface area contributed by atoms with Crippen LogP contribution in [0.3, 0.4) is 0 Å². The van der Waals surface area contributed by atoms with E-state index in [0.29, 0.717) is 12.0 Å². The standard InChI is InChI=1S/C16H24N4/c1-3-12(2)20-9-7-15(18-20)11-19-8-6-14(10-19)16(17)13-4-5-13/h6-10,12-13,16H,3-5,11,17H2,1-2H3. The molecular weight excluding hydrogens is 248 g/mol. The quantitative estimate of drug-likeness (QED) is 0.878. The lowest BCUT2D eigenvalue weighted by molar-refractivity contribution is 0.472. The summed E-state index contributed by atoms with van der Waals surface area (Å²) < 4.78 is 4.23. The zero-order valence-corrected chi connectivity index (χ0v) is 12.4. The Morgan fingerprint density at radius 2 is 2.15 bits per heavy atom. The fraction of sp³-hybridized carbons (Fsp3) is 0.562. The molecule has 20 heavy (non-hydrogen) atoms. The Morgan fingerprint density at radius 1 is 1.35 bits per heavy atom. The summed E-state index contributed by atoms with van der Waals surface area (Å²) in [4.78, 5) is 0. The second kappa shape index (κ2) is 5.44. The van der Waals surface area contributed by atoms with Crippen molar-refractivity contribution in [3.8, 4) is 0 Å². The van der Waals surface area contributed by atoms with Gasteiger partial charge in [0, 0.05) is 30.7 Å². The normalized spacial score (nSPS) is 18.1. The van der Waals surface area contributed by atoms with E-state index in [1.807, 2.05) is 0 Å². The van der Waals surface area contributed by atoms with Crippen LogP contribution in [-0.2, 0) is 6.54 Å². The van der Waals surface area contributed by atoms with Gasteiger partial charge in [-0.2, -0.15) is 5.10 Å². The molecule has 1 aliphatic carbocycles. The van der Waals surface area contributed by atoms with Gasteiger partial charge in [-0.05, 0) is 49.8 Å². The van der Waals surface area contributed by atoms with E-state index in [1.165, 1.54) is 18.4 Å². The van der Waals surface area contributed by atoms with Crippen LogP contribution in [0.2, 0.25) is 0 Å². The van der Waals surface area contributed by atoms with Crippen molar-refractivity contribution in [1.29, 1.82) is 0 Å². The minimum Gasteiger partial charge on any atom is -0.348 e. The molecule has 2 atom stereocenters. The molecular formula is C16H24N4. The molecule has 1 saturated carbocycles. The van der Waals surface area contributed by atoms with Crippen molar-refractivity contribution in [2.75, 3.05) is 0 Å². The lowest BCUT2D eigenvalue weighted by atomic mass is 10.1. The summed E-state index contributed by atoms with van der Waals surface area (Å²) in [6.45, 7) is 5.20. The largest absolute Gasteiger partial charge is 0.348 e. The molecule has 2 heterocycles. The van der Waals surface area contributed by atoms with Crippen LogP contribution in [0.15, 0.2) is 30.7 Å². The van der Waals surface area contributed by atoms with Crippen LogP contribution in [0.1, 0.15) is 56.5 Å². The molecule has 2 unspecified atom stereocenters. The summed E-state index contributed by atoms with van der Waals surface area (Å²) in [6.07, 6.45) is 10.0. The van der Waals surface area contributed by atoms with E-state index in [1.54, 1.807) is 0 Å². The van der Waals surface area contributed by atoms with E-state index in [2.05, 4.69) is 58.9 Å². The molecule has 108 valence electrons. The van der Waals surface area contributed by atoms with Gasteiger partial charge >= 0.3 is 0 Å². The third kappa shape index (κ3) is 2.80. The van der Waals surface area contributed by atoms with Gasteiger partial charge in [-0.25, -0.2) is 0 Å². The minimum atomic E-state index is 0.217. The van der Waals surface area contributed by atoms with E-state index >= 15 is 0 Å². The van der Waals surface area contributed by atoms with E-state index < -0.39 is 0 Å². The number of nitrogens with two attached hydrogens (primary N) is 1. The lowest BCUT2D eigenvalue weighted by Crippen LogP contribution is -2.11. The van der Waals surface area contributed by atoms with Gasteiger partial charge in [-0.1, -0.05) is 6.92 Å². The van der Waals surface area contributed by atoms with Crippen LogP contribution in [0, 0.1) is 5.92 Å². The molecule has 0 aromatic carbocycles. The maximum atomic E-state index is 6.24. The van der Waals surface area contributed by atoms with Gasteiger partial charge in [-0.3, -0.25) is 4.68 Å². The second-order valence-corrected chi connectivity index (χ2v) is 6.02. The molecule has 3 rings (SSSR count). The van der Waals surface area contributed by atoms with Gasteiger partial charge in [0.1, 0.15) is 0 Å². The number of hydrogen-bond acceptors (Lipinski definition) is 2. The number of nitrogens with zero attached hydrogens (tertiary/aromatic N) is 3. The average molecular weight is 272 g/mol. The lowest BCUT2D eigenvalue weighted by Gasteiger charge is -2.08. The third-order valence-electron chi connectivity index (χ3n) is 4.34. The van der Waals surface area contributed by atoms with Gasteiger partial charge in [0.25, 0.3) is 0 Å². The molecule has 2 N–H and O–H groups in total. The summed E-state index contributed by atoms with van der Waals surface area (Å²) in [5.41, 5.74) is 8.60. The highest BCUT2D eigenvalue weighted by Crippen LogP contribution is 2.39. The second-order valence-electron chi connectivity index (χ2n) is 6.02. The Balaban J connectivity index is 1.66. The van der Waals surface area contributed by atoms with Crippen molar-refractivity contribution in [3.05, 3.63) is 42.0 Å². The molecule has 2 aromatic heterocycles. The van der Waals surface area contributed by atoms with Crippen LogP contribution < -0.4 is 5.73 Å². The number of rotatable bonds is 6. The van der Waals surface area contributed by atoms with E-state index in [4.69, 9.17) is 5.73 Å². The predicted octanol–water partition coefficient (Wildman–Crippen LogP) is 3.11. The Morgan fingerprint density at radius 3 is 2.85 bits per heavy atom. The Hall–Kier alpha value is -1.55. The molecule has 1 aliphatic rings. The highest BCUT2D eigenvalue weighted by Gasteiger charge is 2.29. The average Bonchev–Trinajstić information content (AvgIpc) is 3.03. The monoisotopic (exact) mass is 272 g/mol. The molecule has 0 radical (unpaired) electrons. The first kappa shape index (κ1) is 13.4. The topological polar surface area (TPSA) is 48.8 Å².